The molecule has 17 atom stereocenters. The zero-order valence-corrected chi connectivity index (χ0v) is 27.5. The Morgan fingerprint density at radius 1 is 0.978 bits per heavy atom. The van der Waals surface area contributed by atoms with Gasteiger partial charge in [0.25, 0.3) is 0 Å². The third-order valence-electron chi connectivity index (χ3n) is 13.3. The van der Waals surface area contributed by atoms with Gasteiger partial charge in [0, 0.05) is 18.9 Å². The van der Waals surface area contributed by atoms with Gasteiger partial charge in [-0.3, -0.25) is 0 Å². The van der Waals surface area contributed by atoms with E-state index in [0.717, 1.165) is 51.4 Å². The van der Waals surface area contributed by atoms with Crippen LogP contribution in [0.4, 0.5) is 0 Å². The van der Waals surface area contributed by atoms with Crippen molar-refractivity contribution in [3.05, 3.63) is 11.6 Å². The van der Waals surface area contributed by atoms with Gasteiger partial charge in [0.1, 0.15) is 30.5 Å². The molecule has 2 heterocycles. The molecule has 6 aliphatic rings. The maximum absolute atomic E-state index is 12.2. The molecule has 2 saturated heterocycles. The van der Waals surface area contributed by atoms with Crippen LogP contribution in [0.2, 0.25) is 0 Å². The molecule has 6 rings (SSSR count). The predicted octanol–water partition coefficient (Wildman–Crippen LogP) is 1.78. The summed E-state index contributed by atoms with van der Waals surface area (Å²) < 4.78 is 29.4. The number of hydrogen-bond acceptors (Lipinski definition) is 11. The first-order valence-corrected chi connectivity index (χ1v) is 17.2. The zero-order valence-electron chi connectivity index (χ0n) is 27.5. The van der Waals surface area contributed by atoms with Gasteiger partial charge in [-0.1, -0.05) is 25.5 Å². The van der Waals surface area contributed by atoms with E-state index in [4.69, 9.17) is 23.7 Å². The third-order valence-corrected chi connectivity index (χ3v) is 13.3. The SMILES string of the molecule is COC1C(O)C(CO)OC(OC2C(O)CC(OC3CCC4(C)C(=CCC5C4CCC4(C)C(C(C)O)CCC54O)C3)OC2C)C1O. The highest BCUT2D eigenvalue weighted by Crippen LogP contribution is 2.68. The van der Waals surface area contributed by atoms with E-state index in [1.165, 1.54) is 12.7 Å². The van der Waals surface area contributed by atoms with E-state index in [1.807, 2.05) is 6.92 Å². The summed E-state index contributed by atoms with van der Waals surface area (Å²) in [6, 6.07) is 0. The van der Waals surface area contributed by atoms with Crippen molar-refractivity contribution in [3.8, 4) is 0 Å². The first kappa shape index (κ1) is 34.2. The summed E-state index contributed by atoms with van der Waals surface area (Å²) in [6.07, 6.45) is 0.413. The Labute approximate surface area is 266 Å². The summed E-state index contributed by atoms with van der Waals surface area (Å²) in [4.78, 5) is 0. The normalized spacial score (nSPS) is 54.0. The number of hydrogen-bond donors (Lipinski definition) is 6. The summed E-state index contributed by atoms with van der Waals surface area (Å²) >= 11 is 0. The highest BCUT2D eigenvalue weighted by Gasteiger charge is 2.66. The Balaban J connectivity index is 1.07. The Hall–Kier alpha value is -0.700. The first-order chi connectivity index (χ1) is 21.3. The first-order valence-electron chi connectivity index (χ1n) is 17.2. The minimum absolute atomic E-state index is 0.00279. The van der Waals surface area contributed by atoms with Crippen molar-refractivity contribution in [3.63, 3.8) is 0 Å². The van der Waals surface area contributed by atoms with Gasteiger partial charge in [-0.25, -0.2) is 0 Å². The van der Waals surface area contributed by atoms with E-state index in [-0.39, 0.29) is 35.2 Å². The Morgan fingerprint density at radius 3 is 2.40 bits per heavy atom. The van der Waals surface area contributed by atoms with Gasteiger partial charge < -0.3 is 54.3 Å². The molecule has 0 aromatic heterocycles. The fraction of sp³-hybridized carbons (Fsp3) is 0.941. The lowest BCUT2D eigenvalue weighted by Crippen LogP contribution is -2.62. The zero-order chi connectivity index (χ0) is 32.5. The quantitative estimate of drug-likeness (QED) is 0.225. The molecule has 0 radical (unpaired) electrons. The van der Waals surface area contributed by atoms with Gasteiger partial charge in [0.05, 0.1) is 36.6 Å². The fourth-order valence-electron chi connectivity index (χ4n) is 10.6. The standard InChI is InChI=1S/C34H56O11/c1-17(36)21-10-13-34(40)23-7-6-19-14-20(8-11-32(19,3)22(23)9-12-33(21,34)4)43-26-15-24(37)29(18(2)42-26)45-31-28(39)30(41-5)27(38)25(16-35)44-31/h6,17-18,20-31,35-40H,7-16H2,1-5H3. The van der Waals surface area contributed by atoms with Crippen LogP contribution in [0.3, 0.4) is 0 Å². The van der Waals surface area contributed by atoms with E-state index in [0.29, 0.717) is 5.92 Å². The monoisotopic (exact) mass is 640 g/mol. The second-order valence-corrected chi connectivity index (χ2v) is 15.4. The van der Waals surface area contributed by atoms with Crippen LogP contribution in [0.1, 0.15) is 85.5 Å². The van der Waals surface area contributed by atoms with E-state index >= 15 is 0 Å². The van der Waals surface area contributed by atoms with Gasteiger partial charge >= 0.3 is 0 Å². The largest absolute Gasteiger partial charge is 0.394 e. The van der Waals surface area contributed by atoms with Gasteiger partial charge in [0.15, 0.2) is 12.6 Å². The van der Waals surface area contributed by atoms with Crippen molar-refractivity contribution >= 4 is 0 Å². The average Bonchev–Trinajstić information content (AvgIpc) is 3.27. The summed E-state index contributed by atoms with van der Waals surface area (Å²) in [5, 5.41) is 64.5. The highest BCUT2D eigenvalue weighted by molar-refractivity contribution is 5.28. The van der Waals surface area contributed by atoms with Crippen LogP contribution >= 0.6 is 0 Å². The van der Waals surface area contributed by atoms with E-state index in [9.17, 15) is 30.6 Å². The predicted molar refractivity (Wildman–Crippen MR) is 162 cm³/mol. The molecule has 0 aromatic rings. The van der Waals surface area contributed by atoms with Crippen molar-refractivity contribution in [1.29, 1.82) is 0 Å². The number of aliphatic hydroxyl groups excluding tert-OH is 5. The van der Waals surface area contributed by atoms with Gasteiger partial charge in [0.2, 0.25) is 0 Å². The molecule has 0 bridgehead atoms. The number of fused-ring (bicyclic) bond motifs is 5. The molecule has 0 aromatic carbocycles. The maximum Gasteiger partial charge on any atom is 0.187 e. The number of ether oxygens (including phenoxy) is 5. The van der Waals surface area contributed by atoms with Crippen LogP contribution in [0, 0.1) is 28.6 Å². The van der Waals surface area contributed by atoms with E-state index in [2.05, 4.69) is 19.9 Å². The highest BCUT2D eigenvalue weighted by atomic mass is 16.7. The lowest BCUT2D eigenvalue weighted by atomic mass is 9.45. The van der Waals surface area contributed by atoms with Crippen LogP contribution in [-0.2, 0) is 23.7 Å². The molecule has 0 spiro atoms. The van der Waals surface area contributed by atoms with Crippen molar-refractivity contribution in [2.45, 2.75) is 159 Å². The van der Waals surface area contributed by atoms with Gasteiger partial charge in [-0.05, 0) is 88.4 Å². The Morgan fingerprint density at radius 2 is 1.73 bits per heavy atom. The molecule has 6 N–H and O–H groups in total. The van der Waals surface area contributed by atoms with Crippen molar-refractivity contribution in [2.24, 2.45) is 28.6 Å². The van der Waals surface area contributed by atoms with Crippen molar-refractivity contribution in [2.75, 3.05) is 13.7 Å². The molecular formula is C34H56O11. The van der Waals surface area contributed by atoms with Crippen LogP contribution in [0.25, 0.3) is 0 Å². The molecule has 3 saturated carbocycles. The number of rotatable bonds is 7. The molecule has 11 nitrogen and oxygen atoms in total. The molecule has 2 aliphatic heterocycles. The minimum atomic E-state index is -1.33. The number of allylic oxidation sites excluding steroid dienone is 1. The summed E-state index contributed by atoms with van der Waals surface area (Å²) in [5.74, 6) is 0.732. The molecule has 45 heavy (non-hydrogen) atoms. The molecule has 0 amide bonds. The molecule has 258 valence electrons. The molecule has 4 aliphatic carbocycles. The van der Waals surface area contributed by atoms with E-state index in [1.54, 1.807) is 6.92 Å². The summed E-state index contributed by atoms with van der Waals surface area (Å²) in [5.41, 5.74) is 0.400. The molecule has 11 heteroatoms. The van der Waals surface area contributed by atoms with Crippen LogP contribution in [0.15, 0.2) is 11.6 Å². The van der Waals surface area contributed by atoms with Crippen molar-refractivity contribution < 1.29 is 54.3 Å². The van der Waals surface area contributed by atoms with Crippen molar-refractivity contribution in [1.82, 2.24) is 0 Å². The number of aliphatic hydroxyl groups is 6. The second kappa shape index (κ2) is 12.6. The average molecular weight is 641 g/mol. The van der Waals surface area contributed by atoms with Crippen LogP contribution < -0.4 is 0 Å². The topological polar surface area (TPSA) is 168 Å². The van der Waals surface area contributed by atoms with Crippen LogP contribution in [-0.4, -0.2) is 117 Å². The number of methoxy groups -OCH3 is 1. The fourth-order valence-corrected chi connectivity index (χ4v) is 10.6. The molecule has 5 fully saturated rings. The summed E-state index contributed by atoms with van der Waals surface area (Å²) in [7, 11) is 1.35. The molecule has 17 unspecified atom stereocenters. The lowest BCUT2D eigenvalue weighted by Gasteiger charge is -2.61. The van der Waals surface area contributed by atoms with Gasteiger partial charge in [-0.2, -0.15) is 0 Å². The maximum atomic E-state index is 12.2. The molecular weight excluding hydrogens is 584 g/mol. The Bertz CT molecular complexity index is 1070. The van der Waals surface area contributed by atoms with Gasteiger partial charge in [-0.15, -0.1) is 0 Å². The third kappa shape index (κ3) is 5.56. The smallest absolute Gasteiger partial charge is 0.187 e. The van der Waals surface area contributed by atoms with E-state index < -0.39 is 73.6 Å². The summed E-state index contributed by atoms with van der Waals surface area (Å²) in [6.45, 7) is 7.76. The lowest BCUT2D eigenvalue weighted by molar-refractivity contribution is -0.345. The van der Waals surface area contributed by atoms with Crippen LogP contribution in [0.5, 0.6) is 0 Å². The second-order valence-electron chi connectivity index (χ2n) is 15.4. The Kier molecular flexibility index (Phi) is 9.60. The minimum Gasteiger partial charge on any atom is -0.394 e.